The number of nitrogens with one attached hydrogen (secondary N) is 1. The molecule has 0 unspecified atom stereocenters. The van der Waals surface area contributed by atoms with E-state index in [9.17, 15) is 0 Å². The van der Waals surface area contributed by atoms with Crippen molar-refractivity contribution < 1.29 is 0 Å². The Morgan fingerprint density at radius 1 is 1.10 bits per heavy atom. The van der Waals surface area contributed by atoms with E-state index in [1.807, 2.05) is 6.07 Å². The van der Waals surface area contributed by atoms with Crippen LogP contribution in [0.1, 0.15) is 29.9 Å². The summed E-state index contributed by atoms with van der Waals surface area (Å²) in [6, 6.07) is 15.6. The van der Waals surface area contributed by atoms with Crippen LogP contribution in [0, 0.1) is 10.5 Å². The summed E-state index contributed by atoms with van der Waals surface area (Å²) in [7, 11) is 0. The number of benzene rings is 2. The summed E-state index contributed by atoms with van der Waals surface area (Å²) in [5.74, 6) is 0.690. The van der Waals surface area contributed by atoms with Crippen LogP contribution in [0.15, 0.2) is 42.5 Å². The van der Waals surface area contributed by atoms with E-state index < -0.39 is 0 Å². The van der Waals surface area contributed by atoms with Crippen molar-refractivity contribution in [1.82, 2.24) is 0 Å². The van der Waals surface area contributed by atoms with Crippen LogP contribution in [0.3, 0.4) is 0 Å². The summed E-state index contributed by atoms with van der Waals surface area (Å²) < 4.78 is 1.17. The van der Waals surface area contributed by atoms with E-state index in [1.54, 1.807) is 0 Å². The molecule has 1 fully saturated rings. The predicted molar refractivity (Wildman–Crippen MR) is 94.7 cm³/mol. The number of hydrogen-bond acceptors (Lipinski definition) is 1. The third kappa shape index (κ3) is 3.12. The molecule has 0 radical (unpaired) electrons. The van der Waals surface area contributed by atoms with Crippen LogP contribution >= 0.6 is 34.2 Å². The van der Waals surface area contributed by atoms with Gasteiger partial charge in [0.15, 0.2) is 0 Å². The highest BCUT2D eigenvalue weighted by Gasteiger charge is 2.30. The van der Waals surface area contributed by atoms with Gasteiger partial charge in [-0.3, -0.25) is 0 Å². The molecule has 2 aromatic carbocycles. The summed E-state index contributed by atoms with van der Waals surface area (Å²) >= 11 is 8.54. The highest BCUT2D eigenvalue weighted by molar-refractivity contribution is 14.1. The first-order valence-corrected chi connectivity index (χ1v) is 8.35. The quantitative estimate of drug-likeness (QED) is 0.664. The van der Waals surface area contributed by atoms with Gasteiger partial charge in [-0.2, -0.15) is 0 Å². The van der Waals surface area contributed by atoms with E-state index >= 15 is 0 Å². The minimum absolute atomic E-state index is 0.541. The second-order valence-electron chi connectivity index (χ2n) is 5.54. The van der Waals surface area contributed by atoms with Crippen molar-refractivity contribution >= 4 is 39.9 Å². The predicted octanol–water partition coefficient (Wildman–Crippen LogP) is 5.61. The van der Waals surface area contributed by atoms with Gasteiger partial charge in [-0.15, -0.1) is 0 Å². The Labute approximate surface area is 138 Å². The first-order valence-electron chi connectivity index (χ1n) is 6.90. The smallest absolute Gasteiger partial charge is 0.0648 e. The fourth-order valence-electron chi connectivity index (χ4n) is 2.67. The molecular formula is C17H17ClIN. The lowest BCUT2D eigenvalue weighted by Gasteiger charge is -2.37. The normalized spacial score (nSPS) is 21.4. The molecule has 0 atom stereocenters. The zero-order valence-corrected chi connectivity index (χ0v) is 14.3. The van der Waals surface area contributed by atoms with Crippen LogP contribution in [-0.4, -0.2) is 6.04 Å². The van der Waals surface area contributed by atoms with Crippen molar-refractivity contribution in [3.63, 3.8) is 0 Å². The summed E-state index contributed by atoms with van der Waals surface area (Å²) in [6.45, 7) is 2.13. The third-order valence-corrected chi connectivity index (χ3v) is 4.96. The summed E-state index contributed by atoms with van der Waals surface area (Å²) in [4.78, 5) is 0. The highest BCUT2D eigenvalue weighted by Crippen LogP contribution is 2.39. The van der Waals surface area contributed by atoms with Crippen molar-refractivity contribution in [1.29, 1.82) is 0 Å². The molecule has 104 valence electrons. The van der Waals surface area contributed by atoms with Crippen molar-refractivity contribution in [2.24, 2.45) is 0 Å². The Morgan fingerprint density at radius 2 is 1.80 bits per heavy atom. The molecule has 0 bridgehead atoms. The first-order chi connectivity index (χ1) is 9.61. The number of halogens is 2. The van der Waals surface area contributed by atoms with Crippen LogP contribution in [-0.2, 0) is 0 Å². The Kier molecular flexibility index (Phi) is 4.22. The summed E-state index contributed by atoms with van der Waals surface area (Å²) in [5, 5.41) is 4.37. The molecular weight excluding hydrogens is 381 g/mol. The molecule has 0 amide bonds. The highest BCUT2D eigenvalue weighted by atomic mass is 127. The Balaban J connectivity index is 1.59. The van der Waals surface area contributed by atoms with Crippen LogP contribution < -0.4 is 5.32 Å². The van der Waals surface area contributed by atoms with Crippen LogP contribution in [0.25, 0.3) is 0 Å². The van der Waals surface area contributed by atoms with E-state index in [-0.39, 0.29) is 0 Å². The molecule has 0 saturated heterocycles. The average molecular weight is 398 g/mol. The maximum Gasteiger partial charge on any atom is 0.0648 e. The third-order valence-electron chi connectivity index (χ3n) is 3.98. The molecule has 1 saturated carbocycles. The summed E-state index contributed by atoms with van der Waals surface area (Å²) in [6.07, 6.45) is 2.37. The molecule has 3 rings (SSSR count). The molecule has 0 spiro atoms. The van der Waals surface area contributed by atoms with Gasteiger partial charge in [0.25, 0.3) is 0 Å². The van der Waals surface area contributed by atoms with Gasteiger partial charge in [-0.25, -0.2) is 0 Å². The Hall–Kier alpha value is -0.740. The van der Waals surface area contributed by atoms with E-state index in [0.717, 1.165) is 10.7 Å². The van der Waals surface area contributed by atoms with Crippen molar-refractivity contribution in [2.75, 3.05) is 5.32 Å². The van der Waals surface area contributed by atoms with Gasteiger partial charge < -0.3 is 5.32 Å². The van der Waals surface area contributed by atoms with Gasteiger partial charge in [0.2, 0.25) is 0 Å². The molecule has 0 heterocycles. The molecule has 0 aromatic heterocycles. The van der Waals surface area contributed by atoms with E-state index in [0.29, 0.717) is 12.0 Å². The average Bonchev–Trinajstić information content (AvgIpc) is 2.37. The van der Waals surface area contributed by atoms with Gasteiger partial charge in [-0.05, 0) is 72.0 Å². The SMILES string of the molecule is Cc1ccc(C2CC(Nc3ccc(I)cc3Cl)C2)cc1. The van der Waals surface area contributed by atoms with Crippen molar-refractivity contribution in [3.05, 3.63) is 62.2 Å². The molecule has 2 aromatic rings. The zero-order chi connectivity index (χ0) is 14.1. The van der Waals surface area contributed by atoms with Gasteiger partial charge in [0, 0.05) is 9.61 Å². The van der Waals surface area contributed by atoms with Crippen LogP contribution in [0.5, 0.6) is 0 Å². The molecule has 1 nitrogen and oxygen atoms in total. The largest absolute Gasteiger partial charge is 0.381 e. The van der Waals surface area contributed by atoms with Crippen LogP contribution in [0.2, 0.25) is 5.02 Å². The van der Waals surface area contributed by atoms with E-state index in [2.05, 4.69) is 71.2 Å². The monoisotopic (exact) mass is 397 g/mol. The van der Waals surface area contributed by atoms with Crippen molar-refractivity contribution in [3.8, 4) is 0 Å². The fourth-order valence-corrected chi connectivity index (χ4v) is 3.58. The maximum atomic E-state index is 6.26. The minimum atomic E-state index is 0.541. The number of anilines is 1. The lowest BCUT2D eigenvalue weighted by atomic mass is 9.75. The maximum absolute atomic E-state index is 6.26. The molecule has 20 heavy (non-hydrogen) atoms. The zero-order valence-electron chi connectivity index (χ0n) is 11.4. The first kappa shape index (κ1) is 14.2. The number of hydrogen-bond donors (Lipinski definition) is 1. The molecule has 1 aliphatic rings. The van der Waals surface area contributed by atoms with Crippen LogP contribution in [0.4, 0.5) is 5.69 Å². The molecule has 1 N–H and O–H groups in total. The lowest BCUT2D eigenvalue weighted by Crippen LogP contribution is -2.34. The second-order valence-corrected chi connectivity index (χ2v) is 7.20. The van der Waals surface area contributed by atoms with E-state index in [1.165, 1.54) is 27.5 Å². The van der Waals surface area contributed by atoms with Gasteiger partial charge >= 0.3 is 0 Å². The number of aryl methyl sites for hydroxylation is 1. The lowest BCUT2D eigenvalue weighted by molar-refractivity contribution is 0.374. The van der Waals surface area contributed by atoms with Gasteiger partial charge in [0.1, 0.15) is 0 Å². The second kappa shape index (κ2) is 5.94. The van der Waals surface area contributed by atoms with Gasteiger partial charge in [-0.1, -0.05) is 41.4 Å². The Bertz CT molecular complexity index is 603. The van der Waals surface area contributed by atoms with Crippen molar-refractivity contribution in [2.45, 2.75) is 31.7 Å². The van der Waals surface area contributed by atoms with E-state index in [4.69, 9.17) is 11.6 Å². The standard InChI is InChI=1S/C17H17ClIN/c1-11-2-4-12(5-3-11)13-8-15(9-13)20-17-7-6-14(19)10-16(17)18/h2-7,10,13,15,20H,8-9H2,1H3. The molecule has 1 aliphatic carbocycles. The fraction of sp³-hybridized carbons (Fsp3) is 0.294. The molecule has 0 aliphatic heterocycles. The minimum Gasteiger partial charge on any atom is -0.381 e. The van der Waals surface area contributed by atoms with Gasteiger partial charge in [0.05, 0.1) is 10.7 Å². The summed E-state index contributed by atoms with van der Waals surface area (Å²) in [5.41, 5.74) is 3.84. The number of rotatable bonds is 3. The Morgan fingerprint density at radius 3 is 2.45 bits per heavy atom. The molecule has 3 heteroatoms. The topological polar surface area (TPSA) is 12.0 Å².